The van der Waals surface area contributed by atoms with Crippen molar-refractivity contribution in [2.75, 3.05) is 6.54 Å². The number of hydrogen-bond acceptors (Lipinski definition) is 3. The molecule has 7 heteroatoms. The van der Waals surface area contributed by atoms with Crippen LogP contribution in [0.25, 0.3) is 0 Å². The molecule has 26 heavy (non-hydrogen) atoms. The van der Waals surface area contributed by atoms with Gasteiger partial charge < -0.3 is 11.1 Å². The first-order valence-electron chi connectivity index (χ1n) is 8.24. The summed E-state index contributed by atoms with van der Waals surface area (Å²) in [5.74, 6) is -0.860. The first-order valence-corrected chi connectivity index (χ1v) is 9.12. The maximum absolute atomic E-state index is 14.0. The zero-order valence-electron chi connectivity index (χ0n) is 14.0. The molecule has 2 unspecified atom stereocenters. The number of hydrogen-bond donors (Lipinski definition) is 2. The van der Waals surface area contributed by atoms with Gasteiger partial charge in [-0.3, -0.25) is 4.79 Å². The predicted molar refractivity (Wildman–Crippen MR) is 102 cm³/mol. The number of nitrogens with one attached hydrogen (secondary N) is 1. The van der Waals surface area contributed by atoms with Crippen molar-refractivity contribution in [1.29, 1.82) is 0 Å². The fraction of sp³-hybridized carbons (Fsp3) is 0.316. The summed E-state index contributed by atoms with van der Waals surface area (Å²) in [7, 11) is 0. The van der Waals surface area contributed by atoms with Gasteiger partial charge in [-0.2, -0.15) is 0 Å². The van der Waals surface area contributed by atoms with Crippen LogP contribution in [0.2, 0.25) is 0 Å². The third kappa shape index (κ3) is 5.43. The number of benzene rings is 2. The van der Waals surface area contributed by atoms with E-state index in [1.807, 2.05) is 18.2 Å². The summed E-state index contributed by atoms with van der Waals surface area (Å²) in [6, 6.07) is 12.3. The Kier molecular flexibility index (Phi) is 7.43. The molecular formula is C19H21ClF2N2OS. The van der Waals surface area contributed by atoms with Crippen molar-refractivity contribution in [3.8, 4) is 0 Å². The number of halogens is 3. The average Bonchev–Trinajstić information content (AvgIpc) is 3.46. The van der Waals surface area contributed by atoms with Crippen molar-refractivity contribution >= 4 is 30.1 Å². The molecule has 1 aliphatic carbocycles. The van der Waals surface area contributed by atoms with E-state index in [1.54, 1.807) is 12.1 Å². The van der Waals surface area contributed by atoms with Crippen molar-refractivity contribution in [3.05, 3.63) is 65.7 Å². The van der Waals surface area contributed by atoms with E-state index >= 15 is 0 Å². The van der Waals surface area contributed by atoms with Crippen LogP contribution < -0.4 is 11.1 Å². The van der Waals surface area contributed by atoms with Crippen LogP contribution in [0.4, 0.5) is 8.78 Å². The lowest BCUT2D eigenvalue weighted by Gasteiger charge is -2.19. The number of nitrogens with two attached hydrogens (primary N) is 1. The minimum absolute atomic E-state index is 0. The predicted octanol–water partition coefficient (Wildman–Crippen LogP) is 4.07. The Hall–Kier alpha value is -1.63. The van der Waals surface area contributed by atoms with Crippen LogP contribution in [-0.4, -0.2) is 18.5 Å². The Bertz CT molecular complexity index is 744. The summed E-state index contributed by atoms with van der Waals surface area (Å²) in [5, 5.41) is 2.18. The minimum Gasteiger partial charge on any atom is -0.353 e. The summed E-state index contributed by atoms with van der Waals surface area (Å²) in [4.78, 5) is 12.8. The normalized spacial score (nSPS) is 15.7. The van der Waals surface area contributed by atoms with Crippen molar-refractivity contribution in [1.82, 2.24) is 5.32 Å². The molecule has 0 aromatic heterocycles. The molecular weight excluding hydrogens is 378 g/mol. The maximum atomic E-state index is 14.0. The Morgan fingerprint density at radius 3 is 2.54 bits per heavy atom. The molecule has 0 bridgehead atoms. The second-order valence-electron chi connectivity index (χ2n) is 6.23. The first-order chi connectivity index (χ1) is 12.0. The van der Waals surface area contributed by atoms with E-state index in [-0.39, 0.29) is 29.3 Å². The van der Waals surface area contributed by atoms with E-state index in [9.17, 15) is 13.6 Å². The average molecular weight is 399 g/mol. The van der Waals surface area contributed by atoms with E-state index in [0.29, 0.717) is 12.5 Å². The molecule has 140 valence electrons. The molecule has 2 atom stereocenters. The quantitative estimate of drug-likeness (QED) is 0.691. The van der Waals surface area contributed by atoms with Crippen molar-refractivity contribution in [2.24, 2.45) is 11.7 Å². The monoisotopic (exact) mass is 398 g/mol. The molecule has 0 radical (unpaired) electrons. The van der Waals surface area contributed by atoms with E-state index < -0.39 is 16.9 Å². The lowest BCUT2D eigenvalue weighted by molar-refractivity contribution is -0.120. The van der Waals surface area contributed by atoms with E-state index in [2.05, 4.69) is 5.32 Å². The molecule has 0 saturated heterocycles. The molecule has 0 heterocycles. The van der Waals surface area contributed by atoms with Crippen LogP contribution in [0.1, 0.15) is 23.7 Å². The van der Waals surface area contributed by atoms with Crippen LogP contribution in [0.5, 0.6) is 0 Å². The topological polar surface area (TPSA) is 55.1 Å². The number of rotatable bonds is 7. The molecule has 1 aliphatic rings. The minimum atomic E-state index is -0.677. The fourth-order valence-electron chi connectivity index (χ4n) is 2.60. The van der Waals surface area contributed by atoms with Crippen LogP contribution in [0.3, 0.4) is 0 Å². The van der Waals surface area contributed by atoms with Crippen LogP contribution in [-0.2, 0) is 4.79 Å². The van der Waals surface area contributed by atoms with Crippen molar-refractivity contribution in [2.45, 2.75) is 29.0 Å². The number of thioether (sulfide) groups is 1. The third-order valence-corrected chi connectivity index (χ3v) is 5.51. The largest absolute Gasteiger partial charge is 0.353 e. The SMILES string of the molecule is Cl.NC(CNC(=O)C(Sc1cc(F)ccc1F)c1ccccc1)C1CC1. The highest BCUT2D eigenvalue weighted by Gasteiger charge is 2.30. The molecule has 3 nitrogen and oxygen atoms in total. The van der Waals surface area contributed by atoms with Gasteiger partial charge in [0.05, 0.1) is 0 Å². The van der Waals surface area contributed by atoms with Gasteiger partial charge >= 0.3 is 0 Å². The van der Waals surface area contributed by atoms with E-state index in [4.69, 9.17) is 5.73 Å². The number of amides is 1. The second kappa shape index (κ2) is 9.35. The summed E-state index contributed by atoms with van der Waals surface area (Å²) in [6.45, 7) is 0.388. The first kappa shape index (κ1) is 20.7. The lowest BCUT2D eigenvalue weighted by atomic mass is 10.1. The maximum Gasteiger partial charge on any atom is 0.238 e. The number of carbonyl (C=O) groups excluding carboxylic acids is 1. The van der Waals surface area contributed by atoms with Gasteiger partial charge in [-0.05, 0) is 42.5 Å². The molecule has 3 rings (SSSR count). The van der Waals surface area contributed by atoms with Crippen molar-refractivity contribution in [3.63, 3.8) is 0 Å². The molecule has 2 aromatic rings. The van der Waals surface area contributed by atoms with Crippen LogP contribution in [0, 0.1) is 17.6 Å². The Labute approximate surface area is 162 Å². The highest BCUT2D eigenvalue weighted by atomic mass is 35.5. The van der Waals surface area contributed by atoms with Gasteiger partial charge in [0, 0.05) is 17.5 Å². The fourth-order valence-corrected chi connectivity index (χ4v) is 3.70. The molecule has 1 amide bonds. The van der Waals surface area contributed by atoms with Gasteiger partial charge in [0.1, 0.15) is 16.9 Å². The summed E-state index contributed by atoms with van der Waals surface area (Å²) >= 11 is 0.999. The lowest BCUT2D eigenvalue weighted by Crippen LogP contribution is -2.40. The van der Waals surface area contributed by atoms with Gasteiger partial charge in [0.2, 0.25) is 5.91 Å². The highest BCUT2D eigenvalue weighted by Crippen LogP contribution is 2.37. The molecule has 2 aromatic carbocycles. The van der Waals surface area contributed by atoms with Crippen LogP contribution in [0.15, 0.2) is 53.4 Å². The molecule has 1 saturated carbocycles. The van der Waals surface area contributed by atoms with Gasteiger partial charge in [-0.1, -0.05) is 30.3 Å². The summed E-state index contributed by atoms with van der Waals surface area (Å²) in [6.07, 6.45) is 2.20. The molecule has 1 fully saturated rings. The van der Waals surface area contributed by atoms with Gasteiger partial charge in [0.25, 0.3) is 0 Å². The third-order valence-electron chi connectivity index (χ3n) is 4.22. The van der Waals surface area contributed by atoms with Crippen LogP contribution >= 0.6 is 24.2 Å². The zero-order valence-corrected chi connectivity index (χ0v) is 15.7. The molecule has 3 N–H and O–H groups in total. The Balaban J connectivity index is 0.00000243. The van der Waals surface area contributed by atoms with E-state index in [1.165, 1.54) is 0 Å². The Morgan fingerprint density at radius 1 is 1.19 bits per heavy atom. The van der Waals surface area contributed by atoms with Crippen molar-refractivity contribution < 1.29 is 13.6 Å². The smallest absolute Gasteiger partial charge is 0.238 e. The standard InChI is InChI=1S/C19H20F2N2OS.ClH/c20-14-8-9-15(21)17(10-14)25-18(13-4-2-1-3-5-13)19(24)23-11-16(22)12-6-7-12;/h1-5,8-10,12,16,18H,6-7,11,22H2,(H,23,24);1H. The highest BCUT2D eigenvalue weighted by molar-refractivity contribution is 8.00. The summed E-state index contributed by atoms with van der Waals surface area (Å²) in [5.41, 5.74) is 6.76. The zero-order chi connectivity index (χ0) is 17.8. The van der Waals surface area contributed by atoms with Gasteiger partial charge in [-0.25, -0.2) is 8.78 Å². The van der Waals surface area contributed by atoms with Gasteiger partial charge in [0.15, 0.2) is 0 Å². The number of carbonyl (C=O) groups is 1. The Morgan fingerprint density at radius 2 is 1.88 bits per heavy atom. The second-order valence-corrected chi connectivity index (χ2v) is 7.38. The molecule has 0 spiro atoms. The summed E-state index contributed by atoms with van der Waals surface area (Å²) < 4.78 is 27.5. The van der Waals surface area contributed by atoms with Gasteiger partial charge in [-0.15, -0.1) is 24.2 Å². The van der Waals surface area contributed by atoms with E-state index in [0.717, 1.165) is 48.4 Å². The molecule has 0 aliphatic heterocycles.